The maximum absolute atomic E-state index is 2.99. The molecule has 0 bridgehead atoms. The molecule has 0 atom stereocenters. The molecule has 0 nitrogen and oxygen atoms in total. The summed E-state index contributed by atoms with van der Waals surface area (Å²) in [6, 6.07) is 11.9. The summed E-state index contributed by atoms with van der Waals surface area (Å²) in [5, 5.41) is 5.55. The van der Waals surface area contributed by atoms with Crippen LogP contribution in [0.2, 0.25) is 0 Å². The van der Waals surface area contributed by atoms with Crippen LogP contribution in [0, 0.1) is 19.9 Å². The van der Waals surface area contributed by atoms with Gasteiger partial charge in [-0.05, 0) is 24.7 Å². The molecule has 37 heavy (non-hydrogen) atoms. The van der Waals surface area contributed by atoms with Crippen LogP contribution in [0.1, 0.15) is 102 Å². The van der Waals surface area contributed by atoms with Gasteiger partial charge in [-0.25, -0.2) is 12.2 Å². The van der Waals surface area contributed by atoms with Crippen LogP contribution in [0.4, 0.5) is 0 Å². The molecule has 200 valence electrons. The van der Waals surface area contributed by atoms with E-state index >= 15 is 0 Å². The van der Waals surface area contributed by atoms with Gasteiger partial charge < -0.3 is 24.8 Å². The van der Waals surface area contributed by atoms with Gasteiger partial charge in [-0.1, -0.05) is 75.9 Å². The molecule has 0 heterocycles. The average molecular weight is 615 g/mol. The van der Waals surface area contributed by atoms with E-state index in [4.69, 9.17) is 0 Å². The first-order chi connectivity index (χ1) is 16.4. The topological polar surface area (TPSA) is 0 Å². The van der Waals surface area contributed by atoms with Gasteiger partial charge >= 0.3 is 59.5 Å². The molecule has 3 aromatic carbocycles. The van der Waals surface area contributed by atoms with Gasteiger partial charge in [-0.2, -0.15) is 6.08 Å². The third-order valence-corrected chi connectivity index (χ3v) is 8.28. The molecule has 1 fully saturated rings. The van der Waals surface area contributed by atoms with Crippen molar-refractivity contribution in [1.29, 1.82) is 0 Å². The zero-order valence-corrected chi connectivity index (χ0v) is 28.1. The summed E-state index contributed by atoms with van der Waals surface area (Å²) < 4.78 is 1.80. The van der Waals surface area contributed by atoms with Crippen molar-refractivity contribution < 1.29 is 49.0 Å². The molecule has 5 rings (SSSR count). The summed E-state index contributed by atoms with van der Waals surface area (Å²) in [6.07, 6.45) is 17.3. The molecule has 0 aromatic heterocycles. The number of hydrogen-bond acceptors (Lipinski definition) is 0. The minimum absolute atomic E-state index is 0. The Labute approximate surface area is 253 Å². The van der Waals surface area contributed by atoms with Crippen molar-refractivity contribution in [3.63, 3.8) is 0 Å². The molecule has 0 aliphatic heterocycles. The van der Waals surface area contributed by atoms with Crippen LogP contribution in [0.15, 0.2) is 48.6 Å². The van der Waals surface area contributed by atoms with Crippen molar-refractivity contribution in [3.8, 4) is 0 Å². The number of allylic oxidation sites excluding steroid dienone is 4. The standard InChI is InChI=1S/C23H29.C6H10.C5H5.2ClH.Zr/c1-14-9-16-11-17-10-15(2)21(23(6,7)8)13-19(17)18(16)12-20(14)22(3,4)5;1-2-4-6-5-3-1;1-2-4-5-3-1;;;/h9-13H,1-8H3;1-5H2;1-3H,4H2;2*1H;/q-1;;-1;;;+2/p-2. The van der Waals surface area contributed by atoms with Crippen molar-refractivity contribution in [2.24, 2.45) is 0 Å². The van der Waals surface area contributed by atoms with Crippen LogP contribution in [0.5, 0.6) is 0 Å². The van der Waals surface area contributed by atoms with Gasteiger partial charge in [0.25, 0.3) is 0 Å². The fourth-order valence-corrected chi connectivity index (χ4v) is 6.14. The second kappa shape index (κ2) is 14.5. The molecule has 0 N–H and O–H groups in total. The molecule has 3 heteroatoms. The van der Waals surface area contributed by atoms with Crippen LogP contribution in [-0.4, -0.2) is 3.21 Å². The number of aryl methyl sites for hydroxylation is 2. The van der Waals surface area contributed by atoms with Gasteiger partial charge in [0.1, 0.15) is 0 Å². The molecule has 0 unspecified atom stereocenters. The van der Waals surface area contributed by atoms with E-state index in [9.17, 15) is 0 Å². The number of fused-ring (bicyclic) bond motifs is 3. The number of hydrogen-bond donors (Lipinski definition) is 0. The van der Waals surface area contributed by atoms with E-state index in [1.165, 1.54) is 75.9 Å². The van der Waals surface area contributed by atoms with Gasteiger partial charge in [-0.3, -0.25) is 6.08 Å². The first kappa shape index (κ1) is 34.2. The first-order valence-electron chi connectivity index (χ1n) is 13.3. The summed E-state index contributed by atoms with van der Waals surface area (Å²) >= 11 is 1.69. The van der Waals surface area contributed by atoms with Crippen molar-refractivity contribution >= 4 is 24.8 Å². The molecular weight excluding hydrogens is 571 g/mol. The predicted molar refractivity (Wildman–Crippen MR) is 154 cm³/mol. The van der Waals surface area contributed by atoms with E-state index < -0.39 is 0 Å². The van der Waals surface area contributed by atoms with Crippen molar-refractivity contribution in [2.75, 3.05) is 0 Å². The van der Waals surface area contributed by atoms with Gasteiger partial charge in [0.15, 0.2) is 0 Å². The van der Waals surface area contributed by atoms with E-state index in [1.807, 2.05) is 12.2 Å². The number of rotatable bonds is 0. The first-order valence-corrected chi connectivity index (χ1v) is 14.5. The third kappa shape index (κ3) is 9.37. The van der Waals surface area contributed by atoms with E-state index in [0.29, 0.717) is 0 Å². The van der Waals surface area contributed by atoms with Crippen LogP contribution < -0.4 is 24.8 Å². The Morgan fingerprint density at radius 2 is 1.19 bits per heavy atom. The molecule has 0 saturated heterocycles. The normalized spacial score (nSPS) is 14.9. The van der Waals surface area contributed by atoms with Crippen molar-refractivity contribution in [2.45, 2.75) is 105 Å². The Bertz CT molecular complexity index is 1150. The summed E-state index contributed by atoms with van der Waals surface area (Å²) in [4.78, 5) is 0. The summed E-state index contributed by atoms with van der Waals surface area (Å²) in [7, 11) is 0. The van der Waals surface area contributed by atoms with E-state index in [-0.39, 0.29) is 35.6 Å². The molecule has 1 saturated carbocycles. The van der Waals surface area contributed by atoms with E-state index in [1.54, 1.807) is 27.4 Å². The van der Waals surface area contributed by atoms with Crippen LogP contribution >= 0.6 is 0 Å². The minimum atomic E-state index is 0. The Kier molecular flexibility index (Phi) is 13.4. The van der Waals surface area contributed by atoms with E-state index in [0.717, 1.165) is 6.42 Å². The second-order valence-corrected chi connectivity index (χ2v) is 14.1. The van der Waals surface area contributed by atoms with Gasteiger partial charge in [0.2, 0.25) is 0 Å². The zero-order valence-electron chi connectivity index (χ0n) is 24.1. The number of benzene rings is 2. The Hall–Kier alpha value is -0.877. The SMILES string of the molecule is Cc1cc2[cH-]c3cc(C)c(C(C)(C)C)cc3c2cc1C(C)(C)C.[C-]1=CC=CC1.[Cl-].[Cl-].[Zr+2]=[C]1CCCCC1. The summed E-state index contributed by atoms with van der Waals surface area (Å²) in [5.41, 5.74) is 6.06. The number of halogens is 2. The van der Waals surface area contributed by atoms with Crippen LogP contribution in [0.25, 0.3) is 21.5 Å². The monoisotopic (exact) mass is 612 g/mol. The van der Waals surface area contributed by atoms with Gasteiger partial charge in [0.05, 0.1) is 0 Å². The maximum atomic E-state index is 2.99. The van der Waals surface area contributed by atoms with Gasteiger partial charge in [-0.15, -0.1) is 46.2 Å². The Balaban J connectivity index is 0.000000402. The summed E-state index contributed by atoms with van der Waals surface area (Å²) in [5.74, 6) is 0. The van der Waals surface area contributed by atoms with Crippen LogP contribution in [-0.2, 0) is 35.1 Å². The predicted octanol–water partition coefficient (Wildman–Crippen LogP) is 3.91. The molecule has 2 aliphatic carbocycles. The third-order valence-electron chi connectivity index (χ3n) is 7.05. The quantitative estimate of drug-likeness (QED) is 0.337. The average Bonchev–Trinajstić information content (AvgIpc) is 3.43. The second-order valence-electron chi connectivity index (χ2n) is 12.3. The van der Waals surface area contributed by atoms with Crippen molar-refractivity contribution in [1.82, 2.24) is 0 Å². The zero-order chi connectivity index (χ0) is 25.8. The fraction of sp³-hybridized carbons (Fsp3) is 0.471. The molecule has 3 aromatic rings. The Morgan fingerprint density at radius 3 is 1.46 bits per heavy atom. The fourth-order valence-electron chi connectivity index (χ4n) is 5.27. The summed E-state index contributed by atoms with van der Waals surface area (Å²) in [6.45, 7) is 18.3. The van der Waals surface area contributed by atoms with Gasteiger partial charge in [0, 0.05) is 0 Å². The van der Waals surface area contributed by atoms with E-state index in [2.05, 4.69) is 97.9 Å². The van der Waals surface area contributed by atoms with Crippen molar-refractivity contribution in [3.05, 3.63) is 76.9 Å². The molecule has 2 aliphatic rings. The molecular formula is C34H44Cl2Zr-2. The molecule has 0 spiro atoms. The molecule has 0 amide bonds. The van der Waals surface area contributed by atoms with Crippen LogP contribution in [0.3, 0.4) is 0 Å². The Morgan fingerprint density at radius 1 is 0.730 bits per heavy atom. The molecule has 0 radical (unpaired) electrons.